The van der Waals surface area contributed by atoms with Crippen molar-refractivity contribution in [1.29, 1.82) is 0 Å². The molecule has 0 radical (unpaired) electrons. The third-order valence-corrected chi connectivity index (χ3v) is 5.50. The molecule has 0 aliphatic carbocycles. The monoisotopic (exact) mass is 441 g/mol. The Morgan fingerprint density at radius 1 is 0.963 bits per heavy atom. The predicted molar refractivity (Wildman–Crippen MR) is 109 cm³/mol. The fourth-order valence-electron chi connectivity index (χ4n) is 2.78. The summed E-state index contributed by atoms with van der Waals surface area (Å²) in [5.74, 6) is -1.40. The number of aromatic nitrogens is 1. The first-order chi connectivity index (χ1) is 12.7. The van der Waals surface area contributed by atoms with Gasteiger partial charge in [0.2, 0.25) is 0 Å². The molecular weight excluding hydrogens is 432 g/mol. The van der Waals surface area contributed by atoms with E-state index in [1.165, 1.54) is 16.7 Å². The standard InChI is InChI=1S/C19H11Cl4NO3/c1-9-17(23)15(10-2-7-13(21)14(22)8-10)16(19(26)27)18(25)24(9)12-5-3-11(20)4-6-12/h2-8H,1H3,(H,26,27). The Hall–Kier alpha value is -1.98. The molecule has 4 nitrogen and oxygen atoms in total. The number of benzene rings is 2. The number of carboxylic acids is 1. The van der Waals surface area contributed by atoms with Crippen LogP contribution in [0.2, 0.25) is 20.1 Å². The summed E-state index contributed by atoms with van der Waals surface area (Å²) in [7, 11) is 0. The second-order valence-electron chi connectivity index (χ2n) is 5.70. The minimum Gasteiger partial charge on any atom is -0.477 e. The quantitative estimate of drug-likeness (QED) is 0.531. The molecule has 0 fully saturated rings. The minimum atomic E-state index is -1.40. The topological polar surface area (TPSA) is 59.3 Å². The first-order valence-electron chi connectivity index (χ1n) is 7.62. The van der Waals surface area contributed by atoms with Gasteiger partial charge in [0.15, 0.2) is 0 Å². The number of hydrogen-bond acceptors (Lipinski definition) is 2. The summed E-state index contributed by atoms with van der Waals surface area (Å²) in [5, 5.41) is 10.9. The van der Waals surface area contributed by atoms with Gasteiger partial charge in [-0.15, -0.1) is 0 Å². The van der Waals surface area contributed by atoms with Crippen LogP contribution < -0.4 is 5.56 Å². The van der Waals surface area contributed by atoms with Crippen LogP contribution in [0, 0.1) is 6.92 Å². The molecule has 2 aromatic carbocycles. The van der Waals surface area contributed by atoms with E-state index >= 15 is 0 Å². The predicted octanol–water partition coefficient (Wildman–Crippen LogP) is 6.12. The zero-order chi connectivity index (χ0) is 19.9. The van der Waals surface area contributed by atoms with Crippen LogP contribution in [0.4, 0.5) is 0 Å². The van der Waals surface area contributed by atoms with Crippen molar-refractivity contribution >= 4 is 52.4 Å². The molecule has 8 heteroatoms. The molecule has 0 amide bonds. The fourth-order valence-corrected chi connectivity index (χ4v) is 3.49. The van der Waals surface area contributed by atoms with E-state index in [9.17, 15) is 14.7 Å². The van der Waals surface area contributed by atoms with Crippen LogP contribution in [0.25, 0.3) is 16.8 Å². The van der Waals surface area contributed by atoms with Crippen molar-refractivity contribution < 1.29 is 9.90 Å². The van der Waals surface area contributed by atoms with E-state index in [1.807, 2.05) is 0 Å². The highest BCUT2D eigenvalue weighted by molar-refractivity contribution is 6.42. The highest BCUT2D eigenvalue weighted by Crippen LogP contribution is 2.36. The SMILES string of the molecule is Cc1c(Cl)c(-c2ccc(Cl)c(Cl)c2)c(C(=O)O)c(=O)n1-c1ccc(Cl)cc1. The normalized spacial score (nSPS) is 10.9. The molecule has 0 saturated heterocycles. The van der Waals surface area contributed by atoms with Gasteiger partial charge in [-0.3, -0.25) is 9.36 Å². The van der Waals surface area contributed by atoms with Gasteiger partial charge in [-0.25, -0.2) is 4.79 Å². The maximum Gasteiger partial charge on any atom is 0.342 e. The lowest BCUT2D eigenvalue weighted by Gasteiger charge is -2.17. The smallest absolute Gasteiger partial charge is 0.342 e. The number of nitrogens with zero attached hydrogens (tertiary/aromatic N) is 1. The van der Waals surface area contributed by atoms with E-state index in [1.54, 1.807) is 37.3 Å². The molecule has 0 unspecified atom stereocenters. The molecule has 0 aliphatic rings. The largest absolute Gasteiger partial charge is 0.477 e. The van der Waals surface area contributed by atoms with Crippen molar-refractivity contribution in [3.63, 3.8) is 0 Å². The average molecular weight is 443 g/mol. The van der Waals surface area contributed by atoms with Gasteiger partial charge in [0.1, 0.15) is 5.56 Å². The summed E-state index contributed by atoms with van der Waals surface area (Å²) in [6, 6.07) is 11.0. The molecule has 1 heterocycles. The van der Waals surface area contributed by atoms with Crippen molar-refractivity contribution in [1.82, 2.24) is 4.57 Å². The number of carboxylic acid groups (broad SMARTS) is 1. The van der Waals surface area contributed by atoms with Crippen LogP contribution in [-0.2, 0) is 0 Å². The van der Waals surface area contributed by atoms with Crippen molar-refractivity contribution in [3.05, 3.63) is 84.2 Å². The number of hydrogen-bond donors (Lipinski definition) is 1. The number of pyridine rings is 1. The zero-order valence-corrected chi connectivity index (χ0v) is 16.8. The summed E-state index contributed by atoms with van der Waals surface area (Å²) in [6.07, 6.45) is 0. The Bertz CT molecular complexity index is 1120. The Morgan fingerprint density at radius 2 is 1.59 bits per heavy atom. The first-order valence-corrected chi connectivity index (χ1v) is 9.13. The third-order valence-electron chi connectivity index (χ3n) is 4.05. The molecule has 1 aromatic heterocycles. The van der Waals surface area contributed by atoms with Crippen LogP contribution in [0.3, 0.4) is 0 Å². The van der Waals surface area contributed by atoms with Gasteiger partial charge in [0, 0.05) is 22.0 Å². The maximum atomic E-state index is 13.0. The summed E-state index contributed by atoms with van der Waals surface area (Å²) in [6.45, 7) is 1.63. The van der Waals surface area contributed by atoms with Gasteiger partial charge >= 0.3 is 5.97 Å². The van der Waals surface area contributed by atoms with E-state index in [2.05, 4.69) is 0 Å². The molecule has 0 bridgehead atoms. The molecule has 138 valence electrons. The van der Waals surface area contributed by atoms with Crippen molar-refractivity contribution in [2.75, 3.05) is 0 Å². The molecule has 3 aromatic rings. The van der Waals surface area contributed by atoms with Crippen LogP contribution >= 0.6 is 46.4 Å². The third kappa shape index (κ3) is 3.58. The molecule has 27 heavy (non-hydrogen) atoms. The lowest BCUT2D eigenvalue weighted by molar-refractivity contribution is 0.0695. The van der Waals surface area contributed by atoms with E-state index in [4.69, 9.17) is 46.4 Å². The van der Waals surface area contributed by atoms with E-state index < -0.39 is 17.1 Å². The molecular formula is C19H11Cl4NO3. The van der Waals surface area contributed by atoms with Crippen LogP contribution in [0.5, 0.6) is 0 Å². The Kier molecular flexibility index (Phi) is 5.54. The summed E-state index contributed by atoms with van der Waals surface area (Å²) >= 11 is 24.4. The van der Waals surface area contributed by atoms with Crippen LogP contribution in [-0.4, -0.2) is 15.6 Å². The van der Waals surface area contributed by atoms with E-state index in [0.717, 1.165) is 0 Å². The van der Waals surface area contributed by atoms with Crippen LogP contribution in [0.15, 0.2) is 47.3 Å². The second-order valence-corrected chi connectivity index (χ2v) is 7.33. The van der Waals surface area contributed by atoms with Crippen molar-refractivity contribution in [2.24, 2.45) is 0 Å². The molecule has 1 N–H and O–H groups in total. The van der Waals surface area contributed by atoms with Crippen molar-refractivity contribution in [3.8, 4) is 16.8 Å². The first kappa shape index (κ1) is 19.8. The molecule has 3 rings (SSSR count). The molecule has 0 aliphatic heterocycles. The lowest BCUT2D eigenvalue weighted by atomic mass is 9.99. The Morgan fingerprint density at radius 3 is 2.15 bits per heavy atom. The fraction of sp³-hybridized carbons (Fsp3) is 0.0526. The summed E-state index contributed by atoms with van der Waals surface area (Å²) in [4.78, 5) is 25.0. The van der Waals surface area contributed by atoms with E-state index in [0.29, 0.717) is 27.0 Å². The van der Waals surface area contributed by atoms with E-state index in [-0.39, 0.29) is 15.6 Å². The second kappa shape index (κ2) is 7.56. The zero-order valence-electron chi connectivity index (χ0n) is 13.8. The summed E-state index contributed by atoms with van der Waals surface area (Å²) in [5.41, 5.74) is 0.138. The van der Waals surface area contributed by atoms with Gasteiger partial charge < -0.3 is 5.11 Å². The van der Waals surface area contributed by atoms with Crippen molar-refractivity contribution in [2.45, 2.75) is 6.92 Å². The minimum absolute atomic E-state index is 0.0930. The molecule has 0 spiro atoms. The Balaban J connectivity index is 2.40. The lowest BCUT2D eigenvalue weighted by Crippen LogP contribution is -2.28. The number of halogens is 4. The maximum absolute atomic E-state index is 13.0. The highest BCUT2D eigenvalue weighted by Gasteiger charge is 2.25. The van der Waals surface area contributed by atoms with Gasteiger partial charge in [-0.05, 0) is 48.9 Å². The molecule has 0 saturated carbocycles. The number of carbonyl (C=O) groups is 1. The number of rotatable bonds is 3. The Labute approximate surface area is 174 Å². The highest BCUT2D eigenvalue weighted by atomic mass is 35.5. The van der Waals surface area contributed by atoms with Gasteiger partial charge in [-0.2, -0.15) is 0 Å². The van der Waals surface area contributed by atoms with Crippen LogP contribution in [0.1, 0.15) is 16.1 Å². The van der Waals surface area contributed by atoms with Gasteiger partial charge in [0.05, 0.1) is 15.1 Å². The number of aromatic carboxylic acids is 1. The average Bonchev–Trinajstić information content (AvgIpc) is 2.61. The van der Waals surface area contributed by atoms with Gasteiger partial charge in [0.25, 0.3) is 5.56 Å². The summed E-state index contributed by atoms with van der Waals surface area (Å²) < 4.78 is 1.24. The van der Waals surface area contributed by atoms with Gasteiger partial charge in [-0.1, -0.05) is 52.5 Å². The molecule has 0 atom stereocenters.